The molecule has 0 saturated heterocycles. The number of benzene rings is 5. The molecule has 0 radical (unpaired) electrons. The smallest absolute Gasteiger partial charge is 0.408 e. The van der Waals surface area contributed by atoms with Crippen LogP contribution in [0, 0.1) is 0 Å². The van der Waals surface area contributed by atoms with E-state index in [0.29, 0.717) is 5.56 Å². The highest BCUT2D eigenvalue weighted by atomic mass is 16.5. The maximum absolute atomic E-state index is 13.4. The Bertz CT molecular complexity index is 1770. The number of ether oxygens (including phenoxy) is 1. The molecule has 45 heavy (non-hydrogen) atoms. The van der Waals surface area contributed by atoms with Gasteiger partial charge in [-0.05, 0) is 50.9 Å². The third-order valence-corrected chi connectivity index (χ3v) is 7.19. The van der Waals surface area contributed by atoms with Crippen LogP contribution >= 0.6 is 0 Å². The van der Waals surface area contributed by atoms with E-state index in [2.05, 4.69) is 27.2 Å². The number of hydrogen-bond donors (Lipinski definition) is 5. The molecule has 0 fully saturated rings. The number of nitrogens with zero attached hydrogens (tertiary/aromatic N) is 1. The van der Waals surface area contributed by atoms with Crippen molar-refractivity contribution in [2.45, 2.75) is 25.1 Å². The first kappa shape index (κ1) is 30.7. The van der Waals surface area contributed by atoms with Crippen molar-refractivity contribution in [2.24, 2.45) is 5.10 Å². The lowest BCUT2D eigenvalue weighted by atomic mass is 9.97. The van der Waals surface area contributed by atoms with Crippen LogP contribution in [0.4, 0.5) is 4.79 Å². The summed E-state index contributed by atoms with van der Waals surface area (Å²) < 4.78 is 5.16. The molecular formula is C35H32N4O6. The zero-order chi connectivity index (χ0) is 31.6. The molecule has 5 aromatic carbocycles. The Morgan fingerprint density at radius 2 is 1.36 bits per heavy atom. The average Bonchev–Trinajstić information content (AvgIpc) is 3.06. The van der Waals surface area contributed by atoms with Crippen LogP contribution in [0.3, 0.4) is 0 Å². The molecule has 3 amide bonds. The molecule has 228 valence electrons. The number of phenolic OH excluding ortho intramolecular Hbond substituents is 1. The number of hydrazone groups is 1. The Balaban J connectivity index is 1.31. The highest BCUT2D eigenvalue weighted by molar-refractivity contribution is 6.13. The fraction of sp³-hybridized carbons (Fsp3) is 0.143. The number of aliphatic hydroxyl groups excluding tert-OH is 1. The highest BCUT2D eigenvalue weighted by Crippen LogP contribution is 2.27. The summed E-state index contributed by atoms with van der Waals surface area (Å²) in [5, 5.41) is 32.7. The van der Waals surface area contributed by atoms with Crippen molar-refractivity contribution < 1.29 is 29.3 Å². The Hall–Kier alpha value is -5.74. The standard InChI is InChI=1S/C35H32N4O6/c40-21-32(38-35(44)45-22-24-8-2-1-3-9-24)33(42)37-31(18-23-14-16-27(41)17-15-23)34(43)39-36-20-30-28-12-6-4-10-25(28)19-26-11-5-7-13-29(26)30/h1-17,19-20,31-32,40-41H,18,21-22H2,(H,37,42)(H,38,44)(H,39,43)/b36-20-/t31-,32-/m0/s1. The average molecular weight is 605 g/mol. The summed E-state index contributed by atoms with van der Waals surface area (Å²) in [6.07, 6.45) is 0.712. The van der Waals surface area contributed by atoms with E-state index in [4.69, 9.17) is 4.74 Å². The van der Waals surface area contributed by atoms with E-state index in [1.807, 2.05) is 54.6 Å². The molecular weight excluding hydrogens is 572 g/mol. The molecule has 0 aromatic heterocycles. The molecule has 0 bridgehead atoms. The number of fused-ring (bicyclic) bond motifs is 2. The van der Waals surface area contributed by atoms with Gasteiger partial charge in [-0.25, -0.2) is 10.2 Å². The minimum atomic E-state index is -1.38. The highest BCUT2D eigenvalue weighted by Gasteiger charge is 2.27. The molecule has 0 spiro atoms. The Morgan fingerprint density at radius 3 is 2.00 bits per heavy atom. The largest absolute Gasteiger partial charge is 0.508 e. The molecule has 2 atom stereocenters. The summed E-state index contributed by atoms with van der Waals surface area (Å²) in [6.45, 7) is -0.756. The Kier molecular flexibility index (Phi) is 9.98. The van der Waals surface area contributed by atoms with Gasteiger partial charge in [0, 0.05) is 12.0 Å². The van der Waals surface area contributed by atoms with E-state index in [1.165, 1.54) is 12.1 Å². The van der Waals surface area contributed by atoms with Gasteiger partial charge in [0.2, 0.25) is 5.91 Å². The van der Waals surface area contributed by atoms with E-state index in [9.17, 15) is 24.6 Å². The van der Waals surface area contributed by atoms with Gasteiger partial charge in [0.15, 0.2) is 0 Å². The number of alkyl carbamates (subject to hydrolysis) is 1. The first-order valence-corrected chi connectivity index (χ1v) is 14.3. The number of phenols is 1. The van der Waals surface area contributed by atoms with Crippen molar-refractivity contribution >= 4 is 45.7 Å². The topological polar surface area (TPSA) is 149 Å². The van der Waals surface area contributed by atoms with Crippen LogP contribution in [0.15, 0.2) is 114 Å². The number of aliphatic hydroxyl groups is 1. The van der Waals surface area contributed by atoms with Crippen LogP contribution in [0.1, 0.15) is 16.7 Å². The number of nitrogens with one attached hydrogen (secondary N) is 3. The maximum atomic E-state index is 13.4. The summed E-state index contributed by atoms with van der Waals surface area (Å²) in [5.41, 5.74) is 4.74. The summed E-state index contributed by atoms with van der Waals surface area (Å²) >= 11 is 0. The molecule has 0 saturated carbocycles. The predicted octanol–water partition coefficient (Wildman–Crippen LogP) is 4.16. The minimum absolute atomic E-state index is 0.0255. The third-order valence-electron chi connectivity index (χ3n) is 7.19. The normalized spacial score (nSPS) is 12.5. The third kappa shape index (κ3) is 8.01. The fourth-order valence-electron chi connectivity index (χ4n) is 4.88. The zero-order valence-electron chi connectivity index (χ0n) is 24.2. The number of rotatable bonds is 11. The second-order valence-electron chi connectivity index (χ2n) is 10.3. The van der Waals surface area contributed by atoms with Crippen molar-refractivity contribution in [2.75, 3.05) is 6.61 Å². The molecule has 10 nitrogen and oxygen atoms in total. The van der Waals surface area contributed by atoms with E-state index >= 15 is 0 Å². The van der Waals surface area contributed by atoms with Crippen LogP contribution in [0.5, 0.6) is 5.75 Å². The van der Waals surface area contributed by atoms with Crippen molar-refractivity contribution in [1.82, 2.24) is 16.1 Å². The molecule has 5 N–H and O–H groups in total. The first-order valence-electron chi connectivity index (χ1n) is 14.3. The lowest BCUT2D eigenvalue weighted by Gasteiger charge is -2.21. The summed E-state index contributed by atoms with van der Waals surface area (Å²) in [5.74, 6) is -1.37. The summed E-state index contributed by atoms with van der Waals surface area (Å²) in [4.78, 5) is 38.9. The SMILES string of the molecule is O=C(N[C@@H](CO)C(=O)N[C@@H](Cc1ccc(O)cc1)C(=O)N/N=C\c1c2ccccc2cc2ccccc12)OCc1ccccc1. The van der Waals surface area contributed by atoms with E-state index in [1.54, 1.807) is 42.6 Å². The van der Waals surface area contributed by atoms with Crippen molar-refractivity contribution in [1.29, 1.82) is 0 Å². The zero-order valence-corrected chi connectivity index (χ0v) is 24.2. The molecule has 0 aliphatic rings. The van der Waals surface area contributed by atoms with Crippen LogP contribution < -0.4 is 16.1 Å². The maximum Gasteiger partial charge on any atom is 0.408 e. The van der Waals surface area contributed by atoms with Gasteiger partial charge in [-0.1, -0.05) is 91.0 Å². The fourth-order valence-corrected chi connectivity index (χ4v) is 4.88. The van der Waals surface area contributed by atoms with Gasteiger partial charge in [0.1, 0.15) is 24.4 Å². The second kappa shape index (κ2) is 14.6. The first-order chi connectivity index (χ1) is 21.9. The van der Waals surface area contributed by atoms with Gasteiger partial charge in [0.05, 0.1) is 12.8 Å². The molecule has 5 rings (SSSR count). The van der Waals surface area contributed by atoms with Crippen LogP contribution in [0.25, 0.3) is 21.5 Å². The lowest BCUT2D eigenvalue weighted by molar-refractivity contribution is -0.130. The quantitative estimate of drug-likeness (QED) is 0.0868. The Morgan fingerprint density at radius 1 is 0.733 bits per heavy atom. The lowest BCUT2D eigenvalue weighted by Crippen LogP contribution is -2.55. The molecule has 0 unspecified atom stereocenters. The number of carbonyl (C=O) groups excluding carboxylic acids is 3. The van der Waals surface area contributed by atoms with E-state index in [0.717, 1.165) is 32.7 Å². The number of aromatic hydroxyl groups is 1. The second-order valence-corrected chi connectivity index (χ2v) is 10.3. The molecule has 10 heteroatoms. The van der Waals surface area contributed by atoms with Crippen molar-refractivity contribution in [3.63, 3.8) is 0 Å². The van der Waals surface area contributed by atoms with Gasteiger partial charge < -0.3 is 25.6 Å². The number of carbonyl (C=O) groups is 3. The van der Waals surface area contributed by atoms with Crippen molar-refractivity contribution in [3.8, 4) is 5.75 Å². The predicted molar refractivity (Wildman–Crippen MR) is 172 cm³/mol. The van der Waals surface area contributed by atoms with Crippen LogP contribution in [0.2, 0.25) is 0 Å². The number of amides is 3. The van der Waals surface area contributed by atoms with Gasteiger partial charge in [-0.15, -0.1) is 0 Å². The summed E-state index contributed by atoms with van der Waals surface area (Å²) in [7, 11) is 0. The van der Waals surface area contributed by atoms with Gasteiger partial charge in [0.25, 0.3) is 5.91 Å². The van der Waals surface area contributed by atoms with Crippen molar-refractivity contribution in [3.05, 3.63) is 126 Å². The van der Waals surface area contributed by atoms with Gasteiger partial charge in [-0.3, -0.25) is 9.59 Å². The Labute approximate surface area is 259 Å². The monoisotopic (exact) mass is 604 g/mol. The molecule has 0 aliphatic carbocycles. The molecule has 5 aromatic rings. The van der Waals surface area contributed by atoms with Gasteiger partial charge in [-0.2, -0.15) is 5.10 Å². The molecule has 0 heterocycles. The minimum Gasteiger partial charge on any atom is -0.508 e. The number of hydrogen-bond acceptors (Lipinski definition) is 7. The van der Waals surface area contributed by atoms with Crippen LogP contribution in [-0.4, -0.2) is 53.0 Å². The van der Waals surface area contributed by atoms with Crippen LogP contribution in [-0.2, 0) is 27.4 Å². The molecule has 0 aliphatic heterocycles. The van der Waals surface area contributed by atoms with E-state index in [-0.39, 0.29) is 18.8 Å². The van der Waals surface area contributed by atoms with E-state index < -0.39 is 36.6 Å². The summed E-state index contributed by atoms with van der Waals surface area (Å²) in [6, 6.07) is 30.5. The van der Waals surface area contributed by atoms with Gasteiger partial charge >= 0.3 is 6.09 Å².